The van der Waals surface area contributed by atoms with Gasteiger partial charge in [0.2, 0.25) is 0 Å². The fourth-order valence-corrected chi connectivity index (χ4v) is 1.98. The monoisotopic (exact) mass is 189 g/mol. The first kappa shape index (κ1) is 9.41. The lowest BCUT2D eigenvalue weighted by Crippen LogP contribution is -2.30. The fraction of sp³-hybridized carbons (Fsp3) is 0.417. The smallest absolute Gasteiger partial charge is 0.141 e. The Bertz CT molecular complexity index is 346. The average Bonchev–Trinajstić information content (AvgIpc) is 2.27. The molecule has 0 amide bonds. The first-order valence-electron chi connectivity index (χ1n) is 5.15. The second kappa shape index (κ2) is 3.93. The molecule has 1 aromatic rings. The van der Waals surface area contributed by atoms with E-state index in [4.69, 9.17) is 0 Å². The summed E-state index contributed by atoms with van der Waals surface area (Å²) in [6, 6.07) is 6.38. The molecule has 14 heavy (non-hydrogen) atoms. The van der Waals surface area contributed by atoms with E-state index in [2.05, 4.69) is 30.4 Å². The van der Waals surface area contributed by atoms with Crippen LogP contribution in [0.1, 0.15) is 29.7 Å². The number of carbonyl (C=O) groups excluding carboxylic acids is 1. The lowest BCUT2D eigenvalue weighted by molar-refractivity contribution is -0.109. The molecule has 1 aliphatic heterocycles. The molecule has 0 aromatic heterocycles. The van der Waals surface area contributed by atoms with Crippen LogP contribution in [0.15, 0.2) is 18.2 Å². The lowest BCUT2D eigenvalue weighted by atomic mass is 9.92. The van der Waals surface area contributed by atoms with Gasteiger partial charge in [0.1, 0.15) is 6.29 Å². The number of aldehydes is 1. The predicted molar refractivity (Wildman–Crippen MR) is 56.3 cm³/mol. The fourth-order valence-electron chi connectivity index (χ4n) is 1.98. The van der Waals surface area contributed by atoms with E-state index in [9.17, 15) is 4.79 Å². The molecular formula is C12H15NO. The minimum absolute atomic E-state index is 0.0924. The molecule has 1 heterocycles. The van der Waals surface area contributed by atoms with Crippen molar-refractivity contribution < 1.29 is 4.79 Å². The van der Waals surface area contributed by atoms with Gasteiger partial charge in [-0.05, 0) is 29.5 Å². The second-order valence-electron chi connectivity index (χ2n) is 3.70. The zero-order valence-electron chi connectivity index (χ0n) is 8.42. The van der Waals surface area contributed by atoms with Crippen molar-refractivity contribution in [3.63, 3.8) is 0 Å². The third-order valence-corrected chi connectivity index (χ3v) is 2.85. The maximum Gasteiger partial charge on any atom is 0.141 e. The highest BCUT2D eigenvalue weighted by molar-refractivity contribution is 5.63. The van der Waals surface area contributed by atoms with Gasteiger partial charge in [-0.3, -0.25) is 0 Å². The molecule has 0 fully saturated rings. The Morgan fingerprint density at radius 3 is 3.14 bits per heavy atom. The van der Waals surface area contributed by atoms with Crippen molar-refractivity contribution >= 4 is 6.29 Å². The van der Waals surface area contributed by atoms with Crippen LogP contribution in [0.4, 0.5) is 0 Å². The van der Waals surface area contributed by atoms with Crippen LogP contribution >= 0.6 is 0 Å². The molecule has 1 N–H and O–H groups in total. The third-order valence-electron chi connectivity index (χ3n) is 2.85. The SMILES string of the molecule is CCc1ccc2c(c1)C(C=O)NCC2. The molecule has 0 spiro atoms. The predicted octanol–water partition coefficient (Wildman–Crippen LogP) is 1.63. The van der Waals surface area contributed by atoms with Crippen molar-refractivity contribution in [3.05, 3.63) is 34.9 Å². The standard InChI is InChI=1S/C12H15NO/c1-2-9-3-4-10-5-6-13-12(8-14)11(10)7-9/h3-4,7-8,12-13H,2,5-6H2,1H3. The second-order valence-corrected chi connectivity index (χ2v) is 3.70. The van der Waals surface area contributed by atoms with Gasteiger partial charge in [-0.1, -0.05) is 25.1 Å². The van der Waals surface area contributed by atoms with Gasteiger partial charge in [-0.15, -0.1) is 0 Å². The van der Waals surface area contributed by atoms with Gasteiger partial charge in [0, 0.05) is 6.54 Å². The van der Waals surface area contributed by atoms with Gasteiger partial charge in [-0.25, -0.2) is 0 Å². The van der Waals surface area contributed by atoms with E-state index in [0.717, 1.165) is 25.7 Å². The van der Waals surface area contributed by atoms with Crippen molar-refractivity contribution in [2.45, 2.75) is 25.8 Å². The number of carbonyl (C=O) groups is 1. The van der Waals surface area contributed by atoms with Crippen LogP contribution in [0, 0.1) is 0 Å². The van der Waals surface area contributed by atoms with E-state index in [0.29, 0.717) is 0 Å². The summed E-state index contributed by atoms with van der Waals surface area (Å²) in [5, 5.41) is 3.21. The molecule has 74 valence electrons. The summed E-state index contributed by atoms with van der Waals surface area (Å²) in [5.74, 6) is 0. The van der Waals surface area contributed by atoms with E-state index in [1.807, 2.05) is 0 Å². The molecule has 1 atom stereocenters. The van der Waals surface area contributed by atoms with Gasteiger partial charge in [0.05, 0.1) is 6.04 Å². The highest BCUT2D eigenvalue weighted by atomic mass is 16.1. The Morgan fingerprint density at radius 2 is 2.43 bits per heavy atom. The molecule has 1 aliphatic rings. The molecule has 1 unspecified atom stereocenters. The zero-order chi connectivity index (χ0) is 9.97. The highest BCUT2D eigenvalue weighted by Crippen LogP contribution is 2.22. The summed E-state index contributed by atoms with van der Waals surface area (Å²) in [5.41, 5.74) is 3.79. The molecule has 2 rings (SSSR count). The third kappa shape index (κ3) is 1.58. The van der Waals surface area contributed by atoms with Gasteiger partial charge in [0.25, 0.3) is 0 Å². The molecule has 2 nitrogen and oxygen atoms in total. The van der Waals surface area contributed by atoms with Crippen molar-refractivity contribution in [1.29, 1.82) is 0 Å². The van der Waals surface area contributed by atoms with Crippen molar-refractivity contribution in [1.82, 2.24) is 5.32 Å². The summed E-state index contributed by atoms with van der Waals surface area (Å²) in [6.07, 6.45) is 3.06. The van der Waals surface area contributed by atoms with E-state index < -0.39 is 0 Å². The Balaban J connectivity index is 2.43. The van der Waals surface area contributed by atoms with E-state index >= 15 is 0 Å². The van der Waals surface area contributed by atoms with Crippen LogP contribution < -0.4 is 5.32 Å². The number of fused-ring (bicyclic) bond motifs is 1. The summed E-state index contributed by atoms with van der Waals surface area (Å²) in [7, 11) is 0. The van der Waals surface area contributed by atoms with Gasteiger partial charge in [-0.2, -0.15) is 0 Å². The number of hydrogen-bond donors (Lipinski definition) is 1. The lowest BCUT2D eigenvalue weighted by Gasteiger charge is -2.23. The minimum Gasteiger partial charge on any atom is -0.304 e. The minimum atomic E-state index is -0.0924. The van der Waals surface area contributed by atoms with E-state index in [1.54, 1.807) is 0 Å². The van der Waals surface area contributed by atoms with Gasteiger partial charge in [0.15, 0.2) is 0 Å². The number of aryl methyl sites for hydroxylation is 1. The molecule has 0 saturated carbocycles. The largest absolute Gasteiger partial charge is 0.304 e. The van der Waals surface area contributed by atoms with Crippen molar-refractivity contribution in [2.24, 2.45) is 0 Å². The molecule has 0 bridgehead atoms. The number of hydrogen-bond acceptors (Lipinski definition) is 2. The quantitative estimate of drug-likeness (QED) is 0.716. The molecule has 0 aliphatic carbocycles. The number of benzene rings is 1. The summed E-state index contributed by atoms with van der Waals surface area (Å²) in [4.78, 5) is 10.9. The number of nitrogens with one attached hydrogen (secondary N) is 1. The van der Waals surface area contributed by atoms with Crippen molar-refractivity contribution in [2.75, 3.05) is 6.54 Å². The van der Waals surface area contributed by atoms with Crippen LogP contribution in [0.5, 0.6) is 0 Å². The first-order chi connectivity index (χ1) is 6.85. The Labute approximate surface area is 84.3 Å². The van der Waals surface area contributed by atoms with E-state index in [1.165, 1.54) is 16.7 Å². The summed E-state index contributed by atoms with van der Waals surface area (Å²) in [6.45, 7) is 3.04. The first-order valence-corrected chi connectivity index (χ1v) is 5.15. The zero-order valence-corrected chi connectivity index (χ0v) is 8.42. The van der Waals surface area contributed by atoms with Crippen molar-refractivity contribution in [3.8, 4) is 0 Å². The van der Waals surface area contributed by atoms with Crippen LogP contribution in [0.25, 0.3) is 0 Å². The molecule has 1 aromatic carbocycles. The number of rotatable bonds is 2. The highest BCUT2D eigenvalue weighted by Gasteiger charge is 2.18. The molecular weight excluding hydrogens is 174 g/mol. The summed E-state index contributed by atoms with van der Waals surface area (Å²) >= 11 is 0. The average molecular weight is 189 g/mol. The Morgan fingerprint density at radius 1 is 1.57 bits per heavy atom. The Kier molecular flexibility index (Phi) is 2.64. The molecule has 2 heteroatoms. The van der Waals surface area contributed by atoms with Gasteiger partial charge < -0.3 is 10.1 Å². The van der Waals surface area contributed by atoms with Crippen LogP contribution in [-0.2, 0) is 17.6 Å². The van der Waals surface area contributed by atoms with Crippen LogP contribution in [-0.4, -0.2) is 12.8 Å². The molecule has 0 saturated heterocycles. The topological polar surface area (TPSA) is 29.1 Å². The molecule has 0 radical (unpaired) electrons. The normalized spacial score (nSPS) is 20.2. The van der Waals surface area contributed by atoms with Crippen LogP contribution in [0.3, 0.4) is 0 Å². The maximum atomic E-state index is 10.9. The van der Waals surface area contributed by atoms with Gasteiger partial charge >= 0.3 is 0 Å². The van der Waals surface area contributed by atoms with Crippen LogP contribution in [0.2, 0.25) is 0 Å². The summed E-state index contributed by atoms with van der Waals surface area (Å²) < 4.78 is 0. The van der Waals surface area contributed by atoms with E-state index in [-0.39, 0.29) is 6.04 Å². The Hall–Kier alpha value is -1.15. The maximum absolute atomic E-state index is 10.9.